The van der Waals surface area contributed by atoms with Crippen molar-refractivity contribution in [3.05, 3.63) is 16.1 Å². The van der Waals surface area contributed by atoms with Gasteiger partial charge in [0.15, 0.2) is 5.69 Å². The number of nitrogens with one attached hydrogen (secondary N) is 1. The lowest BCUT2D eigenvalue weighted by Crippen LogP contribution is -2.28. The van der Waals surface area contributed by atoms with Gasteiger partial charge in [-0.3, -0.25) is 4.79 Å². The van der Waals surface area contributed by atoms with Crippen molar-refractivity contribution in [3.63, 3.8) is 0 Å². The molecule has 0 radical (unpaired) electrons. The number of carboxylic acids is 1. The van der Waals surface area contributed by atoms with E-state index in [-0.39, 0.29) is 11.6 Å². The van der Waals surface area contributed by atoms with Gasteiger partial charge in [0.1, 0.15) is 0 Å². The summed E-state index contributed by atoms with van der Waals surface area (Å²) in [6.07, 6.45) is 7.34. The van der Waals surface area contributed by atoms with E-state index in [2.05, 4.69) is 10.3 Å². The average molecular weight is 296 g/mol. The third kappa shape index (κ3) is 4.59. The van der Waals surface area contributed by atoms with Gasteiger partial charge in [-0.15, -0.1) is 11.3 Å². The first-order chi connectivity index (χ1) is 9.65. The number of amides is 1. The smallest absolute Gasteiger partial charge is 0.355 e. The molecule has 0 spiro atoms. The SMILES string of the molecule is O=C(CC1CCCCC1)NCCc1nc(C(=O)O)cs1. The fraction of sp³-hybridized carbons (Fsp3) is 0.643. The van der Waals surface area contributed by atoms with Crippen molar-refractivity contribution in [3.8, 4) is 0 Å². The van der Waals surface area contributed by atoms with Crippen LogP contribution in [0.5, 0.6) is 0 Å². The summed E-state index contributed by atoms with van der Waals surface area (Å²) in [5.74, 6) is -0.358. The Bertz CT molecular complexity index is 467. The summed E-state index contributed by atoms with van der Waals surface area (Å²) in [5.41, 5.74) is 0.0820. The third-order valence-corrected chi connectivity index (χ3v) is 4.54. The highest BCUT2D eigenvalue weighted by Crippen LogP contribution is 2.26. The lowest BCUT2D eigenvalue weighted by Gasteiger charge is -2.20. The Kier molecular flexibility index (Phi) is 5.52. The molecule has 1 aromatic rings. The second-order valence-corrected chi connectivity index (χ2v) is 6.18. The zero-order valence-electron chi connectivity index (χ0n) is 11.4. The van der Waals surface area contributed by atoms with Crippen LogP contribution in [0.15, 0.2) is 5.38 Å². The quantitative estimate of drug-likeness (QED) is 0.845. The number of carbonyl (C=O) groups excluding carboxylic acids is 1. The minimum absolute atomic E-state index is 0.0820. The summed E-state index contributed by atoms with van der Waals surface area (Å²) in [5, 5.41) is 13.9. The van der Waals surface area contributed by atoms with E-state index < -0.39 is 5.97 Å². The number of carboxylic acid groups (broad SMARTS) is 1. The lowest BCUT2D eigenvalue weighted by atomic mass is 9.87. The van der Waals surface area contributed by atoms with Gasteiger partial charge >= 0.3 is 5.97 Å². The van der Waals surface area contributed by atoms with Gasteiger partial charge < -0.3 is 10.4 Å². The van der Waals surface area contributed by atoms with E-state index in [0.717, 1.165) is 5.01 Å². The first-order valence-electron chi connectivity index (χ1n) is 7.09. The van der Waals surface area contributed by atoms with Crippen molar-refractivity contribution in [2.45, 2.75) is 44.9 Å². The molecule has 0 atom stereocenters. The first-order valence-corrected chi connectivity index (χ1v) is 7.97. The van der Waals surface area contributed by atoms with E-state index >= 15 is 0 Å². The van der Waals surface area contributed by atoms with Crippen LogP contribution in [0.4, 0.5) is 0 Å². The molecule has 2 rings (SSSR count). The highest BCUT2D eigenvalue weighted by Gasteiger charge is 2.16. The summed E-state index contributed by atoms with van der Waals surface area (Å²) in [6.45, 7) is 0.526. The molecule has 0 aromatic carbocycles. The molecule has 1 amide bonds. The van der Waals surface area contributed by atoms with Crippen molar-refractivity contribution in [2.24, 2.45) is 5.92 Å². The van der Waals surface area contributed by atoms with Gasteiger partial charge in [-0.05, 0) is 18.8 Å². The summed E-state index contributed by atoms with van der Waals surface area (Å²) in [6, 6.07) is 0. The van der Waals surface area contributed by atoms with E-state index in [1.165, 1.54) is 48.8 Å². The minimum atomic E-state index is -1.01. The second-order valence-electron chi connectivity index (χ2n) is 5.24. The van der Waals surface area contributed by atoms with Gasteiger partial charge in [-0.2, -0.15) is 0 Å². The molecule has 2 N–H and O–H groups in total. The molecule has 0 saturated heterocycles. The van der Waals surface area contributed by atoms with Crippen LogP contribution in [0.2, 0.25) is 0 Å². The fourth-order valence-corrected chi connectivity index (χ4v) is 3.33. The molecule has 6 heteroatoms. The van der Waals surface area contributed by atoms with Gasteiger partial charge in [0.05, 0.1) is 5.01 Å². The number of aromatic carboxylic acids is 1. The molecule has 0 unspecified atom stereocenters. The van der Waals surface area contributed by atoms with Crippen molar-refractivity contribution < 1.29 is 14.7 Å². The van der Waals surface area contributed by atoms with Gasteiger partial charge in [0.25, 0.3) is 0 Å². The zero-order valence-corrected chi connectivity index (χ0v) is 12.2. The maximum atomic E-state index is 11.8. The molecule has 0 bridgehead atoms. The molecule has 5 nitrogen and oxygen atoms in total. The highest BCUT2D eigenvalue weighted by atomic mass is 32.1. The molecular weight excluding hydrogens is 276 g/mol. The number of nitrogens with zero attached hydrogens (tertiary/aromatic N) is 1. The average Bonchev–Trinajstić information content (AvgIpc) is 2.89. The Balaban J connectivity index is 1.66. The van der Waals surface area contributed by atoms with Gasteiger partial charge in [-0.1, -0.05) is 19.3 Å². The van der Waals surface area contributed by atoms with E-state index in [1.807, 2.05) is 0 Å². The van der Waals surface area contributed by atoms with Crippen LogP contribution < -0.4 is 5.32 Å². The Labute approximate surface area is 122 Å². The molecule has 1 aliphatic carbocycles. The number of hydrogen-bond acceptors (Lipinski definition) is 4. The van der Waals surface area contributed by atoms with E-state index in [1.54, 1.807) is 0 Å². The Morgan fingerprint density at radius 2 is 2.10 bits per heavy atom. The van der Waals surface area contributed by atoms with Crippen molar-refractivity contribution in [1.29, 1.82) is 0 Å². The molecule has 0 aliphatic heterocycles. The summed E-state index contributed by atoms with van der Waals surface area (Å²) in [7, 11) is 0. The van der Waals surface area contributed by atoms with Crippen molar-refractivity contribution in [2.75, 3.05) is 6.54 Å². The molecule has 1 heterocycles. The summed E-state index contributed by atoms with van der Waals surface area (Å²) >= 11 is 1.32. The second kappa shape index (κ2) is 7.38. The molecule has 1 aromatic heterocycles. The van der Waals surface area contributed by atoms with Crippen LogP contribution >= 0.6 is 11.3 Å². The van der Waals surface area contributed by atoms with E-state index in [9.17, 15) is 9.59 Å². The van der Waals surface area contributed by atoms with Gasteiger partial charge in [0.2, 0.25) is 5.91 Å². The topological polar surface area (TPSA) is 79.3 Å². The largest absolute Gasteiger partial charge is 0.476 e. The van der Waals surface area contributed by atoms with E-state index in [4.69, 9.17) is 5.11 Å². The molecule has 1 saturated carbocycles. The van der Waals surface area contributed by atoms with Crippen molar-refractivity contribution in [1.82, 2.24) is 10.3 Å². The minimum Gasteiger partial charge on any atom is -0.476 e. The predicted molar refractivity (Wildman–Crippen MR) is 77.0 cm³/mol. The van der Waals surface area contributed by atoms with Crippen LogP contribution in [0.1, 0.15) is 54.0 Å². The summed E-state index contributed by atoms with van der Waals surface area (Å²) < 4.78 is 0. The standard InChI is InChI=1S/C14H20N2O3S/c17-12(8-10-4-2-1-3-5-10)15-7-6-13-16-11(9-20-13)14(18)19/h9-10H,1-8H2,(H,15,17)(H,18,19). The van der Waals surface area contributed by atoms with Gasteiger partial charge in [0, 0.05) is 24.8 Å². The van der Waals surface area contributed by atoms with Crippen LogP contribution in [0, 0.1) is 5.92 Å². The van der Waals surface area contributed by atoms with Crippen molar-refractivity contribution >= 4 is 23.2 Å². The monoisotopic (exact) mass is 296 g/mol. The highest BCUT2D eigenvalue weighted by molar-refractivity contribution is 7.09. The normalized spacial score (nSPS) is 16.0. The first kappa shape index (κ1) is 15.0. The van der Waals surface area contributed by atoms with E-state index in [0.29, 0.717) is 25.3 Å². The molecule has 1 fully saturated rings. The van der Waals surface area contributed by atoms with Gasteiger partial charge in [-0.25, -0.2) is 9.78 Å². The van der Waals surface area contributed by atoms with Crippen LogP contribution in [0.25, 0.3) is 0 Å². The number of carbonyl (C=O) groups is 2. The predicted octanol–water partition coefficient (Wildman–Crippen LogP) is 2.47. The lowest BCUT2D eigenvalue weighted by molar-refractivity contribution is -0.122. The fourth-order valence-electron chi connectivity index (χ4n) is 2.56. The van der Waals surface area contributed by atoms with Crippen LogP contribution in [0.3, 0.4) is 0 Å². The molecule has 110 valence electrons. The molecule has 20 heavy (non-hydrogen) atoms. The number of thiazole rings is 1. The maximum Gasteiger partial charge on any atom is 0.355 e. The Morgan fingerprint density at radius 3 is 2.75 bits per heavy atom. The maximum absolute atomic E-state index is 11.8. The zero-order chi connectivity index (χ0) is 14.4. The Morgan fingerprint density at radius 1 is 1.35 bits per heavy atom. The third-order valence-electron chi connectivity index (χ3n) is 3.63. The molecular formula is C14H20N2O3S. The van der Waals surface area contributed by atoms with Crippen LogP contribution in [-0.2, 0) is 11.2 Å². The Hall–Kier alpha value is -1.43. The summed E-state index contributed by atoms with van der Waals surface area (Å²) in [4.78, 5) is 26.5. The number of hydrogen-bond donors (Lipinski definition) is 2. The number of aromatic nitrogens is 1. The van der Waals surface area contributed by atoms with Crippen LogP contribution in [-0.4, -0.2) is 28.5 Å². The number of rotatable bonds is 6. The molecule has 1 aliphatic rings.